The van der Waals surface area contributed by atoms with E-state index in [4.69, 9.17) is 4.74 Å². The van der Waals surface area contributed by atoms with E-state index in [9.17, 15) is 18.0 Å². The first-order valence-corrected chi connectivity index (χ1v) is 8.68. The first-order chi connectivity index (χ1) is 11.2. The minimum absolute atomic E-state index is 0. The molecule has 1 atom stereocenters. The number of nitrogens with one attached hydrogen (secondary N) is 1. The van der Waals surface area contributed by atoms with Crippen molar-refractivity contribution >= 4 is 30.1 Å². The summed E-state index contributed by atoms with van der Waals surface area (Å²) in [5, 5.41) is 3.13. The third kappa shape index (κ3) is 6.27. The highest BCUT2D eigenvalue weighted by molar-refractivity contribution is 7.99. The van der Waals surface area contributed by atoms with Crippen molar-refractivity contribution in [3.05, 3.63) is 28.8 Å². The largest absolute Gasteiger partial charge is 0.484 e. The molecule has 1 amide bonds. The molecule has 1 N–H and O–H groups in total. The number of benzene rings is 1. The van der Waals surface area contributed by atoms with Crippen LogP contribution in [0.4, 0.5) is 13.2 Å². The van der Waals surface area contributed by atoms with Crippen molar-refractivity contribution in [3.8, 4) is 5.75 Å². The fourth-order valence-corrected chi connectivity index (χ4v) is 3.62. The SMILES string of the molecule is Cc1cc(CN(C)C(=O)C2CSCN2)cc(C)c1OCC(F)(F)F.Cl. The van der Waals surface area contributed by atoms with Gasteiger partial charge in [-0.15, -0.1) is 24.2 Å². The van der Waals surface area contributed by atoms with Crippen molar-refractivity contribution in [2.45, 2.75) is 32.6 Å². The normalized spacial score (nSPS) is 17.1. The zero-order valence-corrected chi connectivity index (χ0v) is 15.9. The van der Waals surface area contributed by atoms with Gasteiger partial charge in [0.2, 0.25) is 5.91 Å². The van der Waals surface area contributed by atoms with Gasteiger partial charge in [0, 0.05) is 25.2 Å². The van der Waals surface area contributed by atoms with Crippen LogP contribution in [0.2, 0.25) is 0 Å². The average molecular weight is 399 g/mol. The smallest absolute Gasteiger partial charge is 0.422 e. The summed E-state index contributed by atoms with van der Waals surface area (Å²) in [6.07, 6.45) is -4.36. The number of nitrogens with zero attached hydrogens (tertiary/aromatic N) is 1. The molecule has 142 valence electrons. The summed E-state index contributed by atoms with van der Waals surface area (Å²) in [5.41, 5.74) is 2.13. The summed E-state index contributed by atoms with van der Waals surface area (Å²) in [6.45, 7) is 2.51. The van der Waals surface area contributed by atoms with E-state index < -0.39 is 12.8 Å². The van der Waals surface area contributed by atoms with Gasteiger partial charge in [0.15, 0.2) is 6.61 Å². The van der Waals surface area contributed by atoms with Crippen molar-refractivity contribution < 1.29 is 22.7 Å². The highest BCUT2D eigenvalue weighted by Gasteiger charge is 2.29. The molecule has 0 bridgehead atoms. The number of likely N-dealkylation sites (N-methyl/N-ethyl adjacent to an activating group) is 1. The van der Waals surface area contributed by atoms with Gasteiger partial charge in [-0.1, -0.05) is 12.1 Å². The van der Waals surface area contributed by atoms with Gasteiger partial charge in [-0.25, -0.2) is 0 Å². The van der Waals surface area contributed by atoms with Crippen LogP contribution in [0, 0.1) is 13.8 Å². The van der Waals surface area contributed by atoms with Crippen LogP contribution in [0.5, 0.6) is 5.75 Å². The summed E-state index contributed by atoms with van der Waals surface area (Å²) < 4.78 is 41.9. The number of thioether (sulfide) groups is 1. The molecule has 4 nitrogen and oxygen atoms in total. The number of carbonyl (C=O) groups is 1. The van der Waals surface area contributed by atoms with Gasteiger partial charge in [0.1, 0.15) is 5.75 Å². The van der Waals surface area contributed by atoms with Crippen LogP contribution in [0.3, 0.4) is 0 Å². The van der Waals surface area contributed by atoms with Crippen LogP contribution >= 0.6 is 24.2 Å². The lowest BCUT2D eigenvalue weighted by atomic mass is 10.0. The van der Waals surface area contributed by atoms with Crippen LogP contribution in [0.25, 0.3) is 0 Å². The van der Waals surface area contributed by atoms with Crippen LogP contribution in [0.1, 0.15) is 16.7 Å². The van der Waals surface area contributed by atoms with E-state index in [1.165, 1.54) is 0 Å². The topological polar surface area (TPSA) is 41.6 Å². The van der Waals surface area contributed by atoms with Gasteiger partial charge >= 0.3 is 6.18 Å². The van der Waals surface area contributed by atoms with Crippen LogP contribution < -0.4 is 10.1 Å². The highest BCUT2D eigenvalue weighted by Crippen LogP contribution is 2.27. The molecule has 1 aromatic rings. The molecule has 1 fully saturated rings. The van der Waals surface area contributed by atoms with Crippen molar-refractivity contribution in [2.24, 2.45) is 0 Å². The van der Waals surface area contributed by atoms with Gasteiger partial charge in [-0.3, -0.25) is 10.1 Å². The summed E-state index contributed by atoms with van der Waals surface area (Å²) in [5.74, 6) is 1.80. The third-order valence-corrected chi connectivity index (χ3v) is 4.65. The molecule has 1 unspecified atom stereocenters. The Bertz CT molecular complexity index is 585. The van der Waals surface area contributed by atoms with Crippen LogP contribution in [0.15, 0.2) is 12.1 Å². The second kappa shape index (κ2) is 9.00. The molecule has 1 saturated heterocycles. The quantitative estimate of drug-likeness (QED) is 0.826. The maximum Gasteiger partial charge on any atom is 0.422 e. The minimum atomic E-state index is -4.36. The zero-order chi connectivity index (χ0) is 17.9. The second-order valence-electron chi connectivity index (χ2n) is 5.93. The Morgan fingerprint density at radius 3 is 2.44 bits per heavy atom. The molecule has 0 aliphatic carbocycles. The van der Waals surface area contributed by atoms with Crippen molar-refractivity contribution in [1.29, 1.82) is 0 Å². The van der Waals surface area contributed by atoms with E-state index in [1.807, 2.05) is 0 Å². The summed E-state index contributed by atoms with van der Waals surface area (Å²) in [6, 6.07) is 3.36. The van der Waals surface area contributed by atoms with E-state index in [2.05, 4.69) is 5.32 Å². The van der Waals surface area contributed by atoms with E-state index in [0.717, 1.165) is 17.2 Å². The van der Waals surface area contributed by atoms with Crippen LogP contribution in [-0.2, 0) is 11.3 Å². The lowest BCUT2D eigenvalue weighted by Crippen LogP contribution is -2.42. The molecule has 2 rings (SSSR count). The first-order valence-electron chi connectivity index (χ1n) is 7.53. The predicted octanol–water partition coefficient (Wildman–Crippen LogP) is 3.29. The number of halogens is 4. The van der Waals surface area contributed by atoms with E-state index >= 15 is 0 Å². The number of amides is 1. The molecule has 0 aromatic heterocycles. The molecule has 0 spiro atoms. The monoisotopic (exact) mass is 398 g/mol. The Morgan fingerprint density at radius 1 is 1.36 bits per heavy atom. The Balaban J connectivity index is 0.00000312. The standard InChI is InChI=1S/C16H21F3N2O2S.ClH/c1-10-4-12(5-11(2)14(10)23-8-16(17,18)19)6-21(3)15(22)13-7-24-9-20-13;/h4-5,13,20H,6-9H2,1-3H3;1H. The lowest BCUT2D eigenvalue weighted by molar-refractivity contribution is -0.153. The van der Waals surface area contributed by atoms with E-state index in [0.29, 0.717) is 17.7 Å². The Labute approximate surface area is 155 Å². The van der Waals surface area contributed by atoms with Gasteiger partial charge in [0.25, 0.3) is 0 Å². The number of hydrogen-bond acceptors (Lipinski definition) is 4. The third-order valence-electron chi connectivity index (χ3n) is 3.71. The van der Waals surface area contributed by atoms with Gasteiger partial charge in [-0.2, -0.15) is 13.2 Å². The highest BCUT2D eigenvalue weighted by atomic mass is 35.5. The summed E-state index contributed by atoms with van der Waals surface area (Å²) in [4.78, 5) is 13.9. The Morgan fingerprint density at radius 2 is 1.96 bits per heavy atom. The van der Waals surface area contributed by atoms with Crippen LogP contribution in [-0.4, -0.2) is 48.3 Å². The fourth-order valence-electron chi connectivity index (χ4n) is 2.68. The number of carbonyl (C=O) groups excluding carboxylic acids is 1. The minimum Gasteiger partial charge on any atom is -0.484 e. The molecule has 1 aliphatic heterocycles. The maximum absolute atomic E-state index is 12.3. The zero-order valence-electron chi connectivity index (χ0n) is 14.3. The van der Waals surface area contributed by atoms with Gasteiger partial charge in [-0.05, 0) is 30.5 Å². The number of alkyl halides is 3. The van der Waals surface area contributed by atoms with Gasteiger partial charge in [0.05, 0.1) is 6.04 Å². The number of rotatable bonds is 5. The van der Waals surface area contributed by atoms with E-state index in [-0.39, 0.29) is 30.1 Å². The molecule has 0 saturated carbocycles. The molecular formula is C16H22ClF3N2O2S. The fraction of sp³-hybridized carbons (Fsp3) is 0.562. The van der Waals surface area contributed by atoms with Crippen molar-refractivity contribution in [2.75, 3.05) is 25.3 Å². The molecule has 9 heteroatoms. The predicted molar refractivity (Wildman–Crippen MR) is 95.4 cm³/mol. The van der Waals surface area contributed by atoms with Gasteiger partial charge < -0.3 is 9.64 Å². The molecule has 25 heavy (non-hydrogen) atoms. The van der Waals surface area contributed by atoms with Crippen molar-refractivity contribution in [3.63, 3.8) is 0 Å². The van der Waals surface area contributed by atoms with E-state index in [1.54, 1.807) is 49.7 Å². The first kappa shape index (κ1) is 21.9. The van der Waals surface area contributed by atoms with Crippen molar-refractivity contribution in [1.82, 2.24) is 10.2 Å². The molecule has 1 aromatic carbocycles. The Hall–Kier alpha value is -1.12. The molecule has 1 aliphatic rings. The molecular weight excluding hydrogens is 377 g/mol. The lowest BCUT2D eigenvalue weighted by Gasteiger charge is -2.22. The molecule has 0 radical (unpaired) electrons. The maximum atomic E-state index is 12.3. The number of hydrogen-bond donors (Lipinski definition) is 1. The summed E-state index contributed by atoms with van der Waals surface area (Å²) in [7, 11) is 1.73. The summed E-state index contributed by atoms with van der Waals surface area (Å²) >= 11 is 1.68. The Kier molecular flexibility index (Phi) is 7.89. The number of aryl methyl sites for hydroxylation is 2. The number of ether oxygens (including phenoxy) is 1. The second-order valence-corrected chi connectivity index (χ2v) is 6.96. The molecule has 1 heterocycles. The average Bonchev–Trinajstić information content (AvgIpc) is 2.98.